The van der Waals surface area contributed by atoms with Gasteiger partial charge < -0.3 is 29.0 Å². The van der Waals surface area contributed by atoms with E-state index >= 15 is 0 Å². The number of rotatable bonds is 5. The minimum Gasteiger partial charge on any atom is -0.444 e. The number of anilines is 3. The van der Waals surface area contributed by atoms with Gasteiger partial charge in [-0.1, -0.05) is 29.8 Å². The SMILES string of the molecule is O=C(Nc1cc(C(=O)N2CCN(c3ccccc3Cl)CC2)ccc1N1C[C@H]2C[C@@H](C1)c1cccc(=O)n1C2)c1ccc(Br)o1. The number of halogens is 2. The Morgan fingerprint density at radius 3 is 2.45 bits per heavy atom. The highest BCUT2D eigenvalue weighted by molar-refractivity contribution is 9.10. The van der Waals surface area contributed by atoms with Crippen molar-refractivity contribution in [2.75, 3.05) is 54.4 Å². The fourth-order valence-electron chi connectivity index (χ4n) is 6.80. The first-order chi connectivity index (χ1) is 21.3. The van der Waals surface area contributed by atoms with Gasteiger partial charge in [-0.2, -0.15) is 0 Å². The Balaban J connectivity index is 1.15. The summed E-state index contributed by atoms with van der Waals surface area (Å²) in [4.78, 5) is 45.8. The molecule has 0 aliphatic carbocycles. The average molecular weight is 677 g/mol. The molecule has 0 radical (unpaired) electrons. The van der Waals surface area contributed by atoms with Gasteiger partial charge in [-0.15, -0.1) is 0 Å². The van der Waals surface area contributed by atoms with Crippen LogP contribution < -0.4 is 20.7 Å². The Morgan fingerprint density at radius 1 is 0.864 bits per heavy atom. The number of carbonyl (C=O) groups excluding carboxylic acids is 2. The van der Waals surface area contributed by atoms with Crippen molar-refractivity contribution >= 4 is 56.4 Å². The molecular formula is C33H31BrClN5O4. The molecule has 9 nitrogen and oxygen atoms in total. The molecule has 5 heterocycles. The maximum atomic E-state index is 13.7. The van der Waals surface area contributed by atoms with E-state index in [1.807, 2.05) is 58.0 Å². The highest BCUT2D eigenvalue weighted by Gasteiger charge is 2.35. The summed E-state index contributed by atoms with van der Waals surface area (Å²) in [6, 6.07) is 22.1. The first kappa shape index (κ1) is 28.7. The number of hydrogen-bond donors (Lipinski definition) is 1. The Bertz CT molecular complexity index is 1800. The van der Waals surface area contributed by atoms with Crippen LogP contribution >= 0.6 is 27.5 Å². The summed E-state index contributed by atoms with van der Waals surface area (Å²) in [6.07, 6.45) is 1.01. The molecule has 4 aromatic rings. The first-order valence-corrected chi connectivity index (χ1v) is 16.0. The van der Waals surface area contributed by atoms with Crippen LogP contribution in [0.15, 0.2) is 86.7 Å². The number of nitrogens with zero attached hydrogens (tertiary/aromatic N) is 4. The van der Waals surface area contributed by atoms with Crippen LogP contribution in [0.4, 0.5) is 17.1 Å². The van der Waals surface area contributed by atoms with E-state index in [0.717, 1.165) is 30.0 Å². The maximum absolute atomic E-state index is 13.7. The molecule has 0 spiro atoms. The van der Waals surface area contributed by atoms with Crippen LogP contribution in [0.5, 0.6) is 0 Å². The number of piperazine rings is 1. The Morgan fingerprint density at radius 2 is 1.68 bits per heavy atom. The Labute approximate surface area is 268 Å². The van der Waals surface area contributed by atoms with Gasteiger partial charge >= 0.3 is 0 Å². The molecule has 0 saturated carbocycles. The third-order valence-corrected chi connectivity index (χ3v) is 9.61. The van der Waals surface area contributed by atoms with Gasteiger partial charge in [-0.05, 0) is 76.8 Å². The highest BCUT2D eigenvalue weighted by atomic mass is 79.9. The van der Waals surface area contributed by atoms with E-state index in [1.165, 1.54) is 0 Å². The third kappa shape index (κ3) is 5.52. The second-order valence-corrected chi connectivity index (χ2v) is 12.8. The molecule has 2 aromatic carbocycles. The molecule has 11 heteroatoms. The molecule has 3 aliphatic heterocycles. The predicted molar refractivity (Wildman–Crippen MR) is 174 cm³/mol. The summed E-state index contributed by atoms with van der Waals surface area (Å²) < 4.78 is 7.87. The van der Waals surface area contributed by atoms with Gasteiger partial charge in [0.15, 0.2) is 10.4 Å². The lowest BCUT2D eigenvalue weighted by Gasteiger charge is -2.44. The fourth-order valence-corrected chi connectivity index (χ4v) is 7.36. The lowest BCUT2D eigenvalue weighted by atomic mass is 9.83. The second-order valence-electron chi connectivity index (χ2n) is 11.6. The van der Waals surface area contributed by atoms with Crippen LogP contribution in [0.25, 0.3) is 0 Å². The summed E-state index contributed by atoms with van der Waals surface area (Å²) in [7, 11) is 0. The number of furan rings is 1. The Hall–Kier alpha value is -4.02. The van der Waals surface area contributed by atoms with Gasteiger partial charge in [0.2, 0.25) is 0 Å². The quantitative estimate of drug-likeness (QED) is 0.292. The number of hydrogen-bond acceptors (Lipinski definition) is 6. The third-order valence-electron chi connectivity index (χ3n) is 8.87. The number of benzene rings is 2. The van der Waals surface area contributed by atoms with Crippen molar-refractivity contribution in [3.63, 3.8) is 0 Å². The molecule has 2 fully saturated rings. The van der Waals surface area contributed by atoms with E-state index in [1.54, 1.807) is 24.3 Å². The number of carbonyl (C=O) groups is 2. The van der Waals surface area contributed by atoms with Crippen molar-refractivity contribution in [2.24, 2.45) is 5.92 Å². The van der Waals surface area contributed by atoms with Gasteiger partial charge in [-0.25, -0.2) is 0 Å². The summed E-state index contributed by atoms with van der Waals surface area (Å²) in [5.41, 5.74) is 3.95. The van der Waals surface area contributed by atoms with E-state index in [4.69, 9.17) is 16.0 Å². The summed E-state index contributed by atoms with van der Waals surface area (Å²) in [5.74, 6) is 0.164. The molecule has 3 aliphatic rings. The highest BCUT2D eigenvalue weighted by Crippen LogP contribution is 2.39. The first-order valence-electron chi connectivity index (χ1n) is 14.8. The van der Waals surface area contributed by atoms with Crippen molar-refractivity contribution in [3.05, 3.63) is 110 Å². The van der Waals surface area contributed by atoms with E-state index < -0.39 is 5.91 Å². The minimum atomic E-state index is -0.399. The van der Waals surface area contributed by atoms with Crippen LogP contribution in [0.1, 0.15) is 38.9 Å². The van der Waals surface area contributed by atoms with E-state index in [-0.39, 0.29) is 23.1 Å². The fraction of sp³-hybridized carbons (Fsp3) is 0.303. The zero-order valence-electron chi connectivity index (χ0n) is 23.9. The van der Waals surface area contributed by atoms with Crippen LogP contribution in [0.2, 0.25) is 5.02 Å². The number of aromatic nitrogens is 1. The van der Waals surface area contributed by atoms with Crippen LogP contribution in [-0.4, -0.2) is 60.5 Å². The molecule has 44 heavy (non-hydrogen) atoms. The number of fused-ring (bicyclic) bond motifs is 4. The van der Waals surface area contributed by atoms with E-state index in [0.29, 0.717) is 66.1 Å². The number of pyridine rings is 1. The molecule has 2 bridgehead atoms. The lowest BCUT2D eigenvalue weighted by molar-refractivity contribution is 0.0746. The number of piperidine rings is 1. The predicted octanol–water partition coefficient (Wildman–Crippen LogP) is 5.70. The standard InChI is InChI=1S/C33H31BrClN5O4/c34-30-11-10-29(44-30)32(42)36-25-17-22(33(43)38-14-12-37(13-15-38)27-5-2-1-4-24(27)35)8-9-28(25)39-18-21-16-23(20-39)26-6-3-7-31(41)40(26)19-21/h1-11,17,21,23H,12-16,18-20H2,(H,36,42)/t21-,23+/m1/s1. The molecule has 0 unspecified atom stereocenters. The van der Waals surface area contributed by atoms with Crippen molar-refractivity contribution in [2.45, 2.75) is 18.9 Å². The average Bonchev–Trinajstić information content (AvgIpc) is 3.48. The molecule has 2 saturated heterocycles. The maximum Gasteiger partial charge on any atom is 0.291 e. The minimum absolute atomic E-state index is 0.0405. The zero-order valence-corrected chi connectivity index (χ0v) is 26.3. The topological polar surface area (TPSA) is 91.0 Å². The smallest absolute Gasteiger partial charge is 0.291 e. The van der Waals surface area contributed by atoms with Gasteiger partial charge in [0.05, 0.1) is 22.1 Å². The molecular weight excluding hydrogens is 646 g/mol. The molecule has 7 rings (SSSR count). The second kappa shape index (κ2) is 11.8. The largest absolute Gasteiger partial charge is 0.444 e. The van der Waals surface area contributed by atoms with Gasteiger partial charge in [-0.3, -0.25) is 14.4 Å². The molecule has 1 N–H and O–H groups in total. The van der Waals surface area contributed by atoms with Crippen molar-refractivity contribution in [3.8, 4) is 0 Å². The van der Waals surface area contributed by atoms with Crippen molar-refractivity contribution < 1.29 is 14.0 Å². The molecule has 226 valence electrons. The summed E-state index contributed by atoms with van der Waals surface area (Å²) in [6.45, 7) is 4.57. The monoisotopic (exact) mass is 675 g/mol. The number of para-hydroxylation sites is 1. The van der Waals surface area contributed by atoms with E-state index in [2.05, 4.69) is 31.0 Å². The van der Waals surface area contributed by atoms with Gasteiger partial charge in [0.25, 0.3) is 17.4 Å². The lowest BCUT2D eigenvalue weighted by Crippen LogP contribution is -2.49. The van der Waals surface area contributed by atoms with Crippen molar-refractivity contribution in [1.29, 1.82) is 0 Å². The number of nitrogens with one attached hydrogen (secondary N) is 1. The normalized spacial score (nSPS) is 19.5. The van der Waals surface area contributed by atoms with Crippen molar-refractivity contribution in [1.82, 2.24) is 9.47 Å². The number of amides is 2. The van der Waals surface area contributed by atoms with Gasteiger partial charge in [0.1, 0.15) is 0 Å². The van der Waals surface area contributed by atoms with Gasteiger partial charge in [0, 0.05) is 69.1 Å². The van der Waals surface area contributed by atoms with Crippen LogP contribution in [0.3, 0.4) is 0 Å². The summed E-state index contributed by atoms with van der Waals surface area (Å²) >= 11 is 9.68. The Kier molecular flexibility index (Phi) is 7.72. The van der Waals surface area contributed by atoms with Crippen LogP contribution in [0, 0.1) is 5.92 Å². The molecule has 2 amide bonds. The zero-order chi connectivity index (χ0) is 30.4. The van der Waals surface area contributed by atoms with E-state index in [9.17, 15) is 14.4 Å². The molecule has 2 atom stereocenters. The van der Waals surface area contributed by atoms with Crippen LogP contribution in [-0.2, 0) is 6.54 Å². The summed E-state index contributed by atoms with van der Waals surface area (Å²) in [5, 5.41) is 3.72. The molecule has 2 aromatic heterocycles.